The minimum Gasteiger partial charge on any atom is -0.480 e. The summed E-state index contributed by atoms with van der Waals surface area (Å²) in [7, 11) is 0. The van der Waals surface area contributed by atoms with Gasteiger partial charge in [0, 0.05) is 23.5 Å². The Balaban J connectivity index is 1.81. The maximum absolute atomic E-state index is 12.8. The Labute approximate surface area is 167 Å². The number of aliphatic hydroxyl groups is 1. The summed E-state index contributed by atoms with van der Waals surface area (Å²) < 4.78 is 0. The fraction of sp³-hybridized carbons (Fsp3) is 0.450. The molecule has 4 atom stereocenters. The standard InChI is InChI=1S/C20H26N4O5/c1-11(25)17(20(28)29)24-19(27)16(23-18(26)15-7-4-8-21-15)9-12-10-22-14-6-3-2-5-13(12)14/h2-3,5-6,10-11,15-17,21-22,25H,4,7-9H2,1H3,(H,23,26)(H,24,27)(H,28,29)/t11-,15+,16+,17+/m1/s1. The van der Waals surface area contributed by atoms with Crippen LogP contribution in [0.3, 0.4) is 0 Å². The molecule has 0 bridgehead atoms. The third kappa shape index (κ3) is 4.93. The summed E-state index contributed by atoms with van der Waals surface area (Å²) in [5.74, 6) is -2.30. The molecule has 29 heavy (non-hydrogen) atoms. The lowest BCUT2D eigenvalue weighted by Crippen LogP contribution is -2.57. The van der Waals surface area contributed by atoms with Gasteiger partial charge in [0.15, 0.2) is 6.04 Å². The molecule has 0 aliphatic carbocycles. The Bertz CT molecular complexity index is 888. The SMILES string of the molecule is C[C@@H](O)[C@H](NC(=O)[C@H](Cc1c[nH]c2ccccc12)NC(=O)[C@@H]1CCCN1)C(=O)O. The summed E-state index contributed by atoms with van der Waals surface area (Å²) in [6, 6.07) is 4.76. The molecule has 9 nitrogen and oxygen atoms in total. The molecule has 156 valence electrons. The van der Waals surface area contributed by atoms with E-state index in [9.17, 15) is 24.6 Å². The second kappa shape index (κ2) is 9.06. The van der Waals surface area contributed by atoms with Crippen LogP contribution >= 0.6 is 0 Å². The number of benzene rings is 1. The van der Waals surface area contributed by atoms with Crippen molar-refractivity contribution in [2.75, 3.05) is 6.54 Å². The van der Waals surface area contributed by atoms with Crippen LogP contribution in [0.1, 0.15) is 25.3 Å². The van der Waals surface area contributed by atoms with Crippen molar-refractivity contribution < 1.29 is 24.6 Å². The molecular weight excluding hydrogens is 376 g/mol. The van der Waals surface area contributed by atoms with E-state index in [1.54, 1.807) is 6.20 Å². The number of aliphatic carboxylic acids is 1. The summed E-state index contributed by atoms with van der Waals surface area (Å²) >= 11 is 0. The maximum Gasteiger partial charge on any atom is 0.328 e. The Morgan fingerprint density at radius 3 is 2.66 bits per heavy atom. The van der Waals surface area contributed by atoms with Gasteiger partial charge in [0.25, 0.3) is 0 Å². The highest BCUT2D eigenvalue weighted by Crippen LogP contribution is 2.19. The van der Waals surface area contributed by atoms with Crippen molar-refractivity contribution in [3.05, 3.63) is 36.0 Å². The van der Waals surface area contributed by atoms with Crippen LogP contribution < -0.4 is 16.0 Å². The highest BCUT2D eigenvalue weighted by molar-refractivity contribution is 5.93. The Hall–Kier alpha value is -2.91. The first-order valence-electron chi connectivity index (χ1n) is 9.67. The van der Waals surface area contributed by atoms with Gasteiger partial charge in [-0.15, -0.1) is 0 Å². The van der Waals surface area contributed by atoms with Gasteiger partial charge in [-0.05, 0) is 37.9 Å². The van der Waals surface area contributed by atoms with E-state index in [1.165, 1.54) is 6.92 Å². The van der Waals surface area contributed by atoms with Crippen LogP contribution in [0.2, 0.25) is 0 Å². The molecule has 1 aromatic carbocycles. The number of hydrogen-bond donors (Lipinski definition) is 6. The number of para-hydroxylation sites is 1. The normalized spacial score (nSPS) is 19.4. The van der Waals surface area contributed by atoms with Gasteiger partial charge in [-0.1, -0.05) is 18.2 Å². The van der Waals surface area contributed by atoms with Crippen LogP contribution in [0, 0.1) is 0 Å². The van der Waals surface area contributed by atoms with E-state index in [0.717, 1.165) is 29.4 Å². The first-order chi connectivity index (χ1) is 13.9. The molecule has 1 aliphatic rings. The van der Waals surface area contributed by atoms with E-state index < -0.39 is 30.1 Å². The molecule has 2 aromatic rings. The van der Waals surface area contributed by atoms with Crippen LogP contribution in [0.5, 0.6) is 0 Å². The molecule has 0 radical (unpaired) electrons. The van der Waals surface area contributed by atoms with Crippen molar-refractivity contribution in [2.45, 2.75) is 50.4 Å². The monoisotopic (exact) mass is 402 g/mol. The lowest BCUT2D eigenvalue weighted by Gasteiger charge is -2.24. The number of H-pyrrole nitrogens is 1. The molecule has 2 amide bonds. The van der Waals surface area contributed by atoms with Crippen molar-refractivity contribution in [3.63, 3.8) is 0 Å². The summed E-state index contributed by atoms with van der Waals surface area (Å²) in [5.41, 5.74) is 1.72. The number of aliphatic hydroxyl groups excluding tert-OH is 1. The van der Waals surface area contributed by atoms with Gasteiger partial charge in [0.05, 0.1) is 12.1 Å². The third-order valence-electron chi connectivity index (χ3n) is 5.15. The number of carboxylic acid groups (broad SMARTS) is 1. The molecule has 0 unspecified atom stereocenters. The van der Waals surface area contributed by atoms with Gasteiger partial charge < -0.3 is 31.1 Å². The van der Waals surface area contributed by atoms with Crippen LogP contribution in [0.15, 0.2) is 30.5 Å². The molecule has 1 aromatic heterocycles. The zero-order chi connectivity index (χ0) is 21.0. The quantitative estimate of drug-likeness (QED) is 0.364. The first-order valence-corrected chi connectivity index (χ1v) is 9.67. The van der Waals surface area contributed by atoms with Gasteiger partial charge in [0.2, 0.25) is 11.8 Å². The largest absolute Gasteiger partial charge is 0.480 e. The predicted molar refractivity (Wildman–Crippen MR) is 106 cm³/mol. The van der Waals surface area contributed by atoms with Crippen molar-refractivity contribution in [2.24, 2.45) is 0 Å². The van der Waals surface area contributed by atoms with Gasteiger partial charge in [0.1, 0.15) is 6.04 Å². The molecule has 0 spiro atoms. The number of carboxylic acids is 1. The van der Waals surface area contributed by atoms with Crippen molar-refractivity contribution >= 4 is 28.7 Å². The fourth-order valence-electron chi connectivity index (χ4n) is 3.55. The second-order valence-electron chi connectivity index (χ2n) is 7.34. The first kappa shape index (κ1) is 20.8. The predicted octanol–water partition coefficient (Wildman–Crippen LogP) is -0.103. The molecule has 1 fully saturated rings. The lowest BCUT2D eigenvalue weighted by molar-refractivity contribution is -0.145. The Morgan fingerprint density at radius 2 is 2.00 bits per heavy atom. The number of aromatic nitrogens is 1. The van der Waals surface area contributed by atoms with Gasteiger partial charge in [-0.2, -0.15) is 0 Å². The molecular formula is C20H26N4O5. The highest BCUT2D eigenvalue weighted by atomic mass is 16.4. The topological polar surface area (TPSA) is 144 Å². The fourth-order valence-corrected chi connectivity index (χ4v) is 3.55. The number of nitrogens with one attached hydrogen (secondary N) is 4. The van der Waals surface area contributed by atoms with Crippen LogP contribution in [-0.4, -0.2) is 63.8 Å². The molecule has 3 rings (SSSR count). The average molecular weight is 402 g/mol. The van der Waals surface area contributed by atoms with Crippen molar-refractivity contribution in [1.82, 2.24) is 20.9 Å². The Morgan fingerprint density at radius 1 is 1.24 bits per heavy atom. The minimum atomic E-state index is -1.46. The minimum absolute atomic E-state index is 0.181. The third-order valence-corrected chi connectivity index (χ3v) is 5.15. The number of aromatic amines is 1. The number of amides is 2. The maximum atomic E-state index is 12.8. The average Bonchev–Trinajstić information content (AvgIpc) is 3.35. The summed E-state index contributed by atoms with van der Waals surface area (Å²) in [4.78, 5) is 39.9. The smallest absolute Gasteiger partial charge is 0.328 e. The van der Waals surface area contributed by atoms with E-state index in [1.807, 2.05) is 24.3 Å². The molecule has 6 N–H and O–H groups in total. The molecule has 1 aliphatic heterocycles. The second-order valence-corrected chi connectivity index (χ2v) is 7.34. The van der Waals surface area contributed by atoms with Crippen LogP contribution in [0.4, 0.5) is 0 Å². The van der Waals surface area contributed by atoms with E-state index in [2.05, 4.69) is 20.9 Å². The number of fused-ring (bicyclic) bond motifs is 1. The summed E-state index contributed by atoms with van der Waals surface area (Å²) in [6.45, 7) is 2.02. The van der Waals surface area contributed by atoms with E-state index in [-0.39, 0.29) is 18.4 Å². The van der Waals surface area contributed by atoms with E-state index in [0.29, 0.717) is 6.42 Å². The number of carbonyl (C=O) groups excluding carboxylic acids is 2. The zero-order valence-electron chi connectivity index (χ0n) is 16.1. The van der Waals surface area contributed by atoms with Gasteiger partial charge >= 0.3 is 5.97 Å². The van der Waals surface area contributed by atoms with Crippen LogP contribution in [0.25, 0.3) is 10.9 Å². The molecule has 9 heteroatoms. The molecule has 2 heterocycles. The number of hydrogen-bond acceptors (Lipinski definition) is 5. The zero-order valence-corrected chi connectivity index (χ0v) is 16.1. The lowest BCUT2D eigenvalue weighted by atomic mass is 10.0. The van der Waals surface area contributed by atoms with Crippen molar-refractivity contribution in [1.29, 1.82) is 0 Å². The molecule has 0 saturated carbocycles. The van der Waals surface area contributed by atoms with Crippen LogP contribution in [-0.2, 0) is 20.8 Å². The van der Waals surface area contributed by atoms with Gasteiger partial charge in [-0.3, -0.25) is 9.59 Å². The summed E-state index contributed by atoms with van der Waals surface area (Å²) in [6.07, 6.45) is 2.23. The number of carbonyl (C=O) groups is 3. The van der Waals surface area contributed by atoms with Gasteiger partial charge in [-0.25, -0.2) is 4.79 Å². The Kier molecular flexibility index (Phi) is 6.50. The van der Waals surface area contributed by atoms with E-state index in [4.69, 9.17) is 0 Å². The van der Waals surface area contributed by atoms with E-state index >= 15 is 0 Å². The number of rotatable bonds is 8. The van der Waals surface area contributed by atoms with Crippen molar-refractivity contribution in [3.8, 4) is 0 Å². The highest BCUT2D eigenvalue weighted by Gasteiger charge is 2.32. The molecule has 1 saturated heterocycles. The summed E-state index contributed by atoms with van der Waals surface area (Å²) in [5, 5.41) is 28.0.